The van der Waals surface area contributed by atoms with Crippen molar-refractivity contribution in [3.8, 4) is 5.75 Å². The van der Waals surface area contributed by atoms with Crippen LogP contribution in [0.5, 0.6) is 5.75 Å². The normalized spacial score (nSPS) is 19.3. The molecule has 6 nitrogen and oxygen atoms in total. The van der Waals surface area contributed by atoms with E-state index in [0.29, 0.717) is 18.5 Å². The molecule has 0 aliphatic carbocycles. The molecule has 1 aromatic carbocycles. The predicted molar refractivity (Wildman–Crippen MR) is 83.7 cm³/mol. The standard InChI is InChI=1S/C16H22FN3O3/c1-10(11-6-7-14(23-2)12(17)9-11)19-16(22)20-13-5-3-4-8-18-15(13)21/h6-7,9-10,13H,3-5,8H2,1-2H3,(H,18,21)(H2,19,20,22)/t10-,13+/m0/s1. The first kappa shape index (κ1) is 17.1. The van der Waals surface area contributed by atoms with E-state index >= 15 is 0 Å². The van der Waals surface area contributed by atoms with E-state index < -0.39 is 23.9 Å². The molecule has 3 N–H and O–H groups in total. The Labute approximate surface area is 134 Å². The molecule has 1 aliphatic heterocycles. The molecule has 1 heterocycles. The van der Waals surface area contributed by atoms with E-state index in [2.05, 4.69) is 16.0 Å². The first-order valence-electron chi connectivity index (χ1n) is 7.69. The molecule has 1 aromatic rings. The number of amides is 3. The Hall–Kier alpha value is -2.31. The highest BCUT2D eigenvalue weighted by molar-refractivity contribution is 5.87. The van der Waals surface area contributed by atoms with Crippen molar-refractivity contribution < 1.29 is 18.7 Å². The van der Waals surface area contributed by atoms with Crippen molar-refractivity contribution in [2.75, 3.05) is 13.7 Å². The number of hydrogen-bond acceptors (Lipinski definition) is 3. The summed E-state index contributed by atoms with van der Waals surface area (Å²) in [4.78, 5) is 23.8. The lowest BCUT2D eigenvalue weighted by molar-refractivity contribution is -0.122. The van der Waals surface area contributed by atoms with Gasteiger partial charge in [0.15, 0.2) is 11.6 Å². The highest BCUT2D eigenvalue weighted by atomic mass is 19.1. The minimum atomic E-state index is -0.530. The number of carbonyl (C=O) groups excluding carboxylic acids is 2. The molecule has 0 bridgehead atoms. The van der Waals surface area contributed by atoms with Crippen LogP contribution in [0.25, 0.3) is 0 Å². The number of hydrogen-bond donors (Lipinski definition) is 3. The van der Waals surface area contributed by atoms with Gasteiger partial charge >= 0.3 is 6.03 Å². The van der Waals surface area contributed by atoms with Gasteiger partial charge in [0, 0.05) is 6.54 Å². The third-order valence-corrected chi connectivity index (χ3v) is 3.86. The summed E-state index contributed by atoms with van der Waals surface area (Å²) in [6.45, 7) is 2.38. The van der Waals surface area contributed by atoms with Gasteiger partial charge in [-0.15, -0.1) is 0 Å². The number of halogens is 1. The summed E-state index contributed by atoms with van der Waals surface area (Å²) in [6.07, 6.45) is 2.40. The maximum absolute atomic E-state index is 13.7. The molecule has 2 atom stereocenters. The second-order valence-corrected chi connectivity index (χ2v) is 5.57. The summed E-state index contributed by atoms with van der Waals surface area (Å²) in [7, 11) is 1.39. The van der Waals surface area contributed by atoms with Crippen molar-refractivity contribution >= 4 is 11.9 Å². The van der Waals surface area contributed by atoms with E-state index in [1.807, 2.05) is 0 Å². The lowest BCUT2D eigenvalue weighted by Crippen LogP contribution is -2.49. The Morgan fingerprint density at radius 3 is 2.91 bits per heavy atom. The molecule has 1 saturated heterocycles. The summed E-state index contributed by atoms with van der Waals surface area (Å²) in [5.74, 6) is -0.497. The van der Waals surface area contributed by atoms with Gasteiger partial charge in [-0.1, -0.05) is 6.07 Å². The minimum absolute atomic E-state index is 0.153. The molecule has 2 rings (SSSR count). The van der Waals surface area contributed by atoms with Crippen LogP contribution in [-0.4, -0.2) is 31.6 Å². The monoisotopic (exact) mass is 323 g/mol. The zero-order valence-corrected chi connectivity index (χ0v) is 13.3. The van der Waals surface area contributed by atoms with Crippen LogP contribution in [-0.2, 0) is 4.79 Å². The smallest absolute Gasteiger partial charge is 0.315 e. The summed E-state index contributed by atoms with van der Waals surface area (Å²) >= 11 is 0. The van der Waals surface area contributed by atoms with Crippen LogP contribution in [0.4, 0.5) is 9.18 Å². The Bertz CT molecular complexity index is 580. The van der Waals surface area contributed by atoms with Gasteiger partial charge in [-0.2, -0.15) is 0 Å². The fourth-order valence-electron chi connectivity index (χ4n) is 2.51. The topological polar surface area (TPSA) is 79.5 Å². The van der Waals surface area contributed by atoms with E-state index in [0.717, 1.165) is 12.8 Å². The first-order chi connectivity index (χ1) is 11.0. The molecule has 0 aromatic heterocycles. The number of carbonyl (C=O) groups is 2. The van der Waals surface area contributed by atoms with Crippen LogP contribution in [0.2, 0.25) is 0 Å². The average Bonchev–Trinajstić information content (AvgIpc) is 2.72. The van der Waals surface area contributed by atoms with Crippen molar-refractivity contribution in [3.63, 3.8) is 0 Å². The molecular formula is C16H22FN3O3. The van der Waals surface area contributed by atoms with Crippen LogP contribution in [0.1, 0.15) is 37.8 Å². The van der Waals surface area contributed by atoms with Gasteiger partial charge in [0.25, 0.3) is 0 Å². The van der Waals surface area contributed by atoms with Gasteiger partial charge in [0.1, 0.15) is 6.04 Å². The van der Waals surface area contributed by atoms with Crippen molar-refractivity contribution in [2.45, 2.75) is 38.3 Å². The van der Waals surface area contributed by atoms with E-state index in [1.165, 1.54) is 19.2 Å². The predicted octanol–water partition coefficient (Wildman–Crippen LogP) is 1.86. The summed E-state index contributed by atoms with van der Waals surface area (Å²) in [6, 6.07) is 3.14. The average molecular weight is 323 g/mol. The number of ether oxygens (including phenoxy) is 1. The Morgan fingerprint density at radius 1 is 1.43 bits per heavy atom. The molecule has 1 aliphatic rings. The van der Waals surface area contributed by atoms with Gasteiger partial charge in [0.05, 0.1) is 13.2 Å². The van der Waals surface area contributed by atoms with E-state index in [9.17, 15) is 14.0 Å². The SMILES string of the molecule is COc1ccc([C@H](C)NC(=O)N[C@@H]2CCCCNC2=O)cc1F. The molecule has 0 saturated carbocycles. The highest BCUT2D eigenvalue weighted by Gasteiger charge is 2.23. The van der Waals surface area contributed by atoms with Crippen LogP contribution in [0.15, 0.2) is 18.2 Å². The maximum Gasteiger partial charge on any atom is 0.315 e. The summed E-state index contributed by atoms with van der Waals surface area (Å²) in [5, 5.41) is 8.14. The first-order valence-corrected chi connectivity index (χ1v) is 7.69. The summed E-state index contributed by atoms with van der Waals surface area (Å²) < 4.78 is 18.6. The zero-order chi connectivity index (χ0) is 16.8. The van der Waals surface area contributed by atoms with Gasteiger partial charge in [0.2, 0.25) is 5.91 Å². The second kappa shape index (κ2) is 7.80. The third-order valence-electron chi connectivity index (χ3n) is 3.86. The number of benzene rings is 1. The Balaban J connectivity index is 1.93. The van der Waals surface area contributed by atoms with Crippen molar-refractivity contribution in [1.29, 1.82) is 0 Å². The van der Waals surface area contributed by atoms with E-state index in [-0.39, 0.29) is 11.7 Å². The number of urea groups is 1. The van der Waals surface area contributed by atoms with E-state index in [1.54, 1.807) is 13.0 Å². The Kier molecular flexibility index (Phi) is 5.78. The van der Waals surface area contributed by atoms with Crippen LogP contribution >= 0.6 is 0 Å². The molecular weight excluding hydrogens is 301 g/mol. The molecule has 0 unspecified atom stereocenters. The van der Waals surface area contributed by atoms with Crippen LogP contribution in [0, 0.1) is 5.82 Å². The lowest BCUT2D eigenvalue weighted by atomic mass is 10.1. The second-order valence-electron chi connectivity index (χ2n) is 5.57. The number of nitrogens with one attached hydrogen (secondary N) is 3. The molecule has 7 heteroatoms. The molecule has 0 spiro atoms. The number of rotatable bonds is 4. The lowest BCUT2D eigenvalue weighted by Gasteiger charge is -2.19. The van der Waals surface area contributed by atoms with Crippen molar-refractivity contribution in [2.24, 2.45) is 0 Å². The third kappa shape index (κ3) is 4.58. The van der Waals surface area contributed by atoms with Gasteiger partial charge < -0.3 is 20.7 Å². The largest absolute Gasteiger partial charge is 0.494 e. The quantitative estimate of drug-likeness (QED) is 0.791. The fourth-order valence-corrected chi connectivity index (χ4v) is 2.51. The van der Waals surface area contributed by atoms with Crippen LogP contribution in [0.3, 0.4) is 0 Å². The molecule has 3 amide bonds. The highest BCUT2D eigenvalue weighted by Crippen LogP contribution is 2.21. The minimum Gasteiger partial charge on any atom is -0.494 e. The van der Waals surface area contributed by atoms with Gasteiger partial charge in [-0.25, -0.2) is 9.18 Å². The van der Waals surface area contributed by atoms with Gasteiger partial charge in [-0.3, -0.25) is 4.79 Å². The number of methoxy groups -OCH3 is 1. The van der Waals surface area contributed by atoms with Gasteiger partial charge in [-0.05, 0) is 43.9 Å². The maximum atomic E-state index is 13.7. The zero-order valence-electron chi connectivity index (χ0n) is 13.3. The van der Waals surface area contributed by atoms with Crippen LogP contribution < -0.4 is 20.7 Å². The van der Waals surface area contributed by atoms with E-state index in [4.69, 9.17) is 4.74 Å². The molecule has 126 valence electrons. The van der Waals surface area contributed by atoms with Crippen molar-refractivity contribution in [1.82, 2.24) is 16.0 Å². The molecule has 23 heavy (non-hydrogen) atoms. The Morgan fingerprint density at radius 2 is 2.22 bits per heavy atom. The molecule has 1 fully saturated rings. The summed E-state index contributed by atoms with van der Waals surface area (Å²) in [5.41, 5.74) is 0.615. The molecule has 0 radical (unpaired) electrons. The van der Waals surface area contributed by atoms with Crippen molar-refractivity contribution in [3.05, 3.63) is 29.6 Å². The fraction of sp³-hybridized carbons (Fsp3) is 0.500.